The van der Waals surface area contributed by atoms with Crippen LogP contribution in [0.3, 0.4) is 0 Å². The summed E-state index contributed by atoms with van der Waals surface area (Å²) in [5, 5.41) is 18.0. The number of rotatable bonds is 2. The fourth-order valence-electron chi connectivity index (χ4n) is 2.90. The van der Waals surface area contributed by atoms with Gasteiger partial charge in [0.05, 0.1) is 17.7 Å². The van der Waals surface area contributed by atoms with Crippen molar-refractivity contribution in [1.82, 2.24) is 15.1 Å². The molecular formula is C15H19N3O2. The van der Waals surface area contributed by atoms with Crippen molar-refractivity contribution in [3.63, 3.8) is 0 Å². The second kappa shape index (κ2) is 5.25. The maximum atomic E-state index is 12.4. The number of aliphatic hydroxyl groups excluding tert-OH is 1. The molecule has 5 nitrogen and oxygen atoms in total. The van der Waals surface area contributed by atoms with Gasteiger partial charge in [-0.05, 0) is 18.9 Å². The number of fused-ring (bicyclic) bond motifs is 1. The summed E-state index contributed by atoms with van der Waals surface area (Å²) in [6.45, 7) is 0. The Bertz CT molecular complexity index is 635. The molecule has 1 heterocycles. The first-order valence-corrected chi connectivity index (χ1v) is 7.07. The zero-order chi connectivity index (χ0) is 14.1. The van der Waals surface area contributed by atoms with E-state index in [-0.39, 0.29) is 11.9 Å². The first kappa shape index (κ1) is 13.1. The number of aryl methyl sites for hydroxylation is 1. The van der Waals surface area contributed by atoms with Crippen molar-refractivity contribution in [3.8, 4) is 0 Å². The molecule has 2 atom stereocenters. The minimum Gasteiger partial charge on any atom is -0.391 e. The summed E-state index contributed by atoms with van der Waals surface area (Å²) in [7, 11) is 1.83. The van der Waals surface area contributed by atoms with Gasteiger partial charge in [0.2, 0.25) is 0 Å². The second-order valence-corrected chi connectivity index (χ2v) is 5.42. The Labute approximate surface area is 117 Å². The van der Waals surface area contributed by atoms with Gasteiger partial charge in [-0.3, -0.25) is 9.48 Å². The van der Waals surface area contributed by atoms with Crippen LogP contribution >= 0.6 is 0 Å². The zero-order valence-corrected chi connectivity index (χ0v) is 11.5. The Hall–Kier alpha value is -1.88. The number of aliphatic hydroxyl groups is 1. The average Bonchev–Trinajstić information content (AvgIpc) is 2.79. The van der Waals surface area contributed by atoms with E-state index in [0.29, 0.717) is 5.69 Å². The molecule has 0 aliphatic heterocycles. The van der Waals surface area contributed by atoms with E-state index in [1.807, 2.05) is 31.3 Å². The third kappa shape index (κ3) is 2.29. The number of aromatic nitrogens is 2. The van der Waals surface area contributed by atoms with Gasteiger partial charge in [-0.15, -0.1) is 0 Å². The number of nitrogens with zero attached hydrogens (tertiary/aromatic N) is 2. The molecule has 2 N–H and O–H groups in total. The zero-order valence-electron chi connectivity index (χ0n) is 11.5. The normalized spacial score (nSPS) is 22.9. The lowest BCUT2D eigenvalue weighted by molar-refractivity contribution is 0.0714. The minimum atomic E-state index is -0.442. The fourth-order valence-corrected chi connectivity index (χ4v) is 2.90. The van der Waals surface area contributed by atoms with Crippen molar-refractivity contribution < 1.29 is 9.90 Å². The lowest BCUT2D eigenvalue weighted by Gasteiger charge is -2.28. The van der Waals surface area contributed by atoms with Crippen LogP contribution in [0.1, 0.15) is 36.2 Å². The third-order valence-corrected chi connectivity index (χ3v) is 4.02. The molecule has 0 spiro atoms. The van der Waals surface area contributed by atoms with Crippen molar-refractivity contribution in [1.29, 1.82) is 0 Å². The molecule has 1 aromatic carbocycles. The molecular weight excluding hydrogens is 254 g/mol. The Kier molecular flexibility index (Phi) is 3.44. The van der Waals surface area contributed by atoms with E-state index in [0.717, 1.165) is 36.6 Å². The maximum Gasteiger partial charge on any atom is 0.272 e. The summed E-state index contributed by atoms with van der Waals surface area (Å²) in [6.07, 6.45) is 3.22. The van der Waals surface area contributed by atoms with Crippen LogP contribution < -0.4 is 5.32 Å². The van der Waals surface area contributed by atoms with Gasteiger partial charge in [-0.25, -0.2) is 0 Å². The highest BCUT2D eigenvalue weighted by molar-refractivity contribution is 6.04. The summed E-state index contributed by atoms with van der Waals surface area (Å²) in [4.78, 5) is 12.4. The van der Waals surface area contributed by atoms with Crippen LogP contribution in [0.4, 0.5) is 0 Å². The van der Waals surface area contributed by atoms with E-state index in [2.05, 4.69) is 10.4 Å². The van der Waals surface area contributed by atoms with Gasteiger partial charge in [0, 0.05) is 12.4 Å². The highest BCUT2D eigenvalue weighted by Crippen LogP contribution is 2.21. The summed E-state index contributed by atoms with van der Waals surface area (Å²) < 4.78 is 1.71. The van der Waals surface area contributed by atoms with Gasteiger partial charge < -0.3 is 10.4 Å². The summed E-state index contributed by atoms with van der Waals surface area (Å²) >= 11 is 0. The van der Waals surface area contributed by atoms with Crippen molar-refractivity contribution >= 4 is 16.8 Å². The van der Waals surface area contributed by atoms with E-state index in [1.165, 1.54) is 0 Å². The number of carbonyl (C=O) groups is 1. The SMILES string of the molecule is Cn1nc(C(=O)N[C@H]2CCCC[C@@H]2O)c2ccccc21. The first-order chi connectivity index (χ1) is 9.66. The molecule has 0 bridgehead atoms. The number of amides is 1. The Balaban J connectivity index is 1.85. The van der Waals surface area contributed by atoms with Crippen LogP contribution in [0, 0.1) is 0 Å². The van der Waals surface area contributed by atoms with Crippen LogP contribution in [0.2, 0.25) is 0 Å². The van der Waals surface area contributed by atoms with E-state index in [1.54, 1.807) is 4.68 Å². The number of benzene rings is 1. The van der Waals surface area contributed by atoms with Crippen molar-refractivity contribution in [2.75, 3.05) is 0 Å². The molecule has 0 unspecified atom stereocenters. The van der Waals surface area contributed by atoms with Crippen LogP contribution in [0.5, 0.6) is 0 Å². The fraction of sp³-hybridized carbons (Fsp3) is 0.467. The summed E-state index contributed by atoms with van der Waals surface area (Å²) in [6, 6.07) is 7.51. The quantitative estimate of drug-likeness (QED) is 0.873. The van der Waals surface area contributed by atoms with Crippen molar-refractivity contribution in [2.24, 2.45) is 7.05 Å². The van der Waals surface area contributed by atoms with Crippen LogP contribution in [-0.2, 0) is 7.05 Å². The standard InChI is InChI=1S/C15H19N3O2/c1-18-12-8-4-2-6-10(12)14(17-18)15(20)16-11-7-3-5-9-13(11)19/h2,4,6,8,11,13,19H,3,5,7,9H2,1H3,(H,16,20)/t11-,13-/m0/s1. The van der Waals surface area contributed by atoms with Crippen molar-refractivity contribution in [3.05, 3.63) is 30.0 Å². The molecule has 1 aromatic heterocycles. The first-order valence-electron chi connectivity index (χ1n) is 7.07. The predicted octanol–water partition coefficient (Wildman–Crippen LogP) is 1.61. The Morgan fingerprint density at radius 1 is 1.35 bits per heavy atom. The number of hydrogen-bond donors (Lipinski definition) is 2. The summed E-state index contributed by atoms with van der Waals surface area (Å²) in [5.74, 6) is -0.201. The van der Waals surface area contributed by atoms with E-state index >= 15 is 0 Å². The molecule has 1 aliphatic rings. The van der Waals surface area contributed by atoms with Gasteiger partial charge in [-0.1, -0.05) is 31.0 Å². The third-order valence-electron chi connectivity index (χ3n) is 4.02. The predicted molar refractivity (Wildman–Crippen MR) is 76.4 cm³/mol. The molecule has 3 rings (SSSR count). The summed E-state index contributed by atoms with van der Waals surface area (Å²) in [5.41, 5.74) is 1.36. The van der Waals surface area contributed by atoms with Crippen LogP contribution in [0.25, 0.3) is 10.9 Å². The van der Waals surface area contributed by atoms with Crippen molar-refractivity contribution in [2.45, 2.75) is 37.8 Å². The van der Waals surface area contributed by atoms with Crippen LogP contribution in [0.15, 0.2) is 24.3 Å². The molecule has 1 fully saturated rings. The van der Waals surface area contributed by atoms with Gasteiger partial charge in [0.25, 0.3) is 5.91 Å². The topological polar surface area (TPSA) is 67.2 Å². The molecule has 106 valence electrons. The van der Waals surface area contributed by atoms with Crippen LogP contribution in [-0.4, -0.2) is 32.9 Å². The van der Waals surface area contributed by atoms with Gasteiger partial charge in [-0.2, -0.15) is 5.10 Å². The Morgan fingerprint density at radius 3 is 2.90 bits per heavy atom. The molecule has 0 radical (unpaired) electrons. The average molecular weight is 273 g/mol. The van der Waals surface area contributed by atoms with Gasteiger partial charge >= 0.3 is 0 Å². The van der Waals surface area contributed by atoms with E-state index in [4.69, 9.17) is 0 Å². The lowest BCUT2D eigenvalue weighted by atomic mass is 9.92. The largest absolute Gasteiger partial charge is 0.391 e. The monoisotopic (exact) mass is 273 g/mol. The smallest absolute Gasteiger partial charge is 0.272 e. The van der Waals surface area contributed by atoms with E-state index < -0.39 is 6.10 Å². The number of para-hydroxylation sites is 1. The van der Waals surface area contributed by atoms with Gasteiger partial charge in [0.1, 0.15) is 0 Å². The minimum absolute atomic E-state index is 0.156. The maximum absolute atomic E-state index is 12.4. The number of carbonyl (C=O) groups excluding carboxylic acids is 1. The molecule has 0 saturated heterocycles. The van der Waals surface area contributed by atoms with Gasteiger partial charge in [0.15, 0.2) is 5.69 Å². The number of nitrogens with one attached hydrogen (secondary N) is 1. The molecule has 1 aliphatic carbocycles. The number of hydrogen-bond acceptors (Lipinski definition) is 3. The molecule has 5 heteroatoms. The molecule has 1 saturated carbocycles. The molecule has 20 heavy (non-hydrogen) atoms. The second-order valence-electron chi connectivity index (χ2n) is 5.42. The van der Waals surface area contributed by atoms with E-state index in [9.17, 15) is 9.90 Å². The lowest BCUT2D eigenvalue weighted by Crippen LogP contribution is -2.45. The molecule has 1 amide bonds. The highest BCUT2D eigenvalue weighted by Gasteiger charge is 2.26. The Morgan fingerprint density at radius 2 is 2.10 bits per heavy atom. The highest BCUT2D eigenvalue weighted by atomic mass is 16.3. The molecule has 2 aromatic rings.